The molecule has 2 N–H and O–H groups in total. The number of anilines is 2. The van der Waals surface area contributed by atoms with Gasteiger partial charge < -0.3 is 15.4 Å². The topological polar surface area (TPSA) is 94.0 Å². The van der Waals surface area contributed by atoms with Gasteiger partial charge in [0, 0.05) is 24.3 Å². The van der Waals surface area contributed by atoms with Crippen LogP contribution in [0.4, 0.5) is 20.5 Å². The Balaban J connectivity index is 1.35. The lowest BCUT2D eigenvalue weighted by molar-refractivity contribution is -0.0503. The van der Waals surface area contributed by atoms with E-state index in [9.17, 15) is 13.6 Å². The van der Waals surface area contributed by atoms with E-state index in [0.29, 0.717) is 22.5 Å². The molecule has 0 bridgehead atoms. The molecule has 1 aliphatic rings. The van der Waals surface area contributed by atoms with E-state index in [-0.39, 0.29) is 23.4 Å². The van der Waals surface area contributed by atoms with Crippen LogP contribution in [0, 0.1) is 0 Å². The summed E-state index contributed by atoms with van der Waals surface area (Å²) in [6, 6.07) is 6.84. The number of rotatable bonds is 7. The molecule has 4 rings (SSSR count). The average Bonchev–Trinajstić information content (AvgIpc) is 3.18. The van der Waals surface area contributed by atoms with Crippen molar-refractivity contribution in [3.63, 3.8) is 0 Å². The second-order valence-electron chi connectivity index (χ2n) is 7.05. The lowest BCUT2D eigenvalue weighted by atomic mass is 10.2. The molecule has 3 aromatic rings. The Labute approximate surface area is 181 Å². The minimum Gasteiger partial charge on any atom is -0.432 e. The van der Waals surface area contributed by atoms with Gasteiger partial charge in [-0.15, -0.1) is 0 Å². The van der Waals surface area contributed by atoms with Crippen molar-refractivity contribution in [3.05, 3.63) is 64.4 Å². The van der Waals surface area contributed by atoms with Crippen molar-refractivity contribution in [2.45, 2.75) is 38.0 Å². The molecule has 3 aromatic heterocycles. The predicted molar refractivity (Wildman–Crippen MR) is 112 cm³/mol. The smallest absolute Gasteiger partial charge is 0.387 e. The van der Waals surface area contributed by atoms with Crippen molar-refractivity contribution in [2.75, 3.05) is 10.6 Å². The van der Waals surface area contributed by atoms with Gasteiger partial charge in [-0.2, -0.15) is 8.78 Å². The summed E-state index contributed by atoms with van der Waals surface area (Å²) < 4.78 is 30.1. The first kappa shape index (κ1) is 21.0. The molecule has 0 spiro atoms. The van der Waals surface area contributed by atoms with E-state index in [4.69, 9.17) is 11.6 Å². The fourth-order valence-corrected chi connectivity index (χ4v) is 3.70. The summed E-state index contributed by atoms with van der Waals surface area (Å²) in [6.45, 7) is -2.91. The van der Waals surface area contributed by atoms with Crippen molar-refractivity contribution in [1.29, 1.82) is 0 Å². The van der Waals surface area contributed by atoms with Crippen LogP contribution in [0.3, 0.4) is 0 Å². The Bertz CT molecular complexity index is 1100. The molecule has 0 radical (unpaired) electrons. The minimum atomic E-state index is -2.91. The first-order valence-corrected chi connectivity index (χ1v) is 9.99. The van der Waals surface area contributed by atoms with Gasteiger partial charge in [-0.05, 0) is 31.4 Å². The maximum absolute atomic E-state index is 12.2. The maximum atomic E-state index is 12.2. The van der Waals surface area contributed by atoms with Crippen molar-refractivity contribution >= 4 is 23.4 Å². The Hall–Kier alpha value is -3.27. The fourth-order valence-electron chi connectivity index (χ4n) is 3.48. The standard InChI is InChI=1S/C20H19ClF2N6O2/c21-16-8-14(29-6-2-1-3-17(29)30)9-24-18(16)27-12-4-5-13(7-12)28-20-25-10-15(11-26-20)31-19(22)23/h1-3,6,8-13,19H,4-5,7H2,(H,24,27)(H,25,26,28)/t12-,13-/m0/s1. The second kappa shape index (κ2) is 9.25. The summed E-state index contributed by atoms with van der Waals surface area (Å²) in [5.41, 5.74) is 0.422. The van der Waals surface area contributed by atoms with Crippen molar-refractivity contribution < 1.29 is 13.5 Å². The van der Waals surface area contributed by atoms with Gasteiger partial charge in [0.05, 0.1) is 29.3 Å². The number of aromatic nitrogens is 4. The zero-order valence-electron chi connectivity index (χ0n) is 16.2. The molecule has 3 heterocycles. The van der Waals surface area contributed by atoms with E-state index < -0.39 is 6.61 Å². The largest absolute Gasteiger partial charge is 0.432 e. The molecule has 31 heavy (non-hydrogen) atoms. The fraction of sp³-hybridized carbons (Fsp3) is 0.300. The van der Waals surface area contributed by atoms with Gasteiger partial charge >= 0.3 is 6.61 Å². The van der Waals surface area contributed by atoms with Crippen LogP contribution in [-0.4, -0.2) is 38.2 Å². The van der Waals surface area contributed by atoms with Gasteiger partial charge in [-0.3, -0.25) is 9.36 Å². The minimum absolute atomic E-state index is 0.0894. The quantitative estimate of drug-likeness (QED) is 0.568. The number of ether oxygens (including phenoxy) is 1. The van der Waals surface area contributed by atoms with Crippen LogP contribution in [0.2, 0.25) is 5.02 Å². The van der Waals surface area contributed by atoms with Crippen molar-refractivity contribution in [3.8, 4) is 11.4 Å². The molecule has 1 saturated carbocycles. The van der Waals surface area contributed by atoms with E-state index in [1.54, 1.807) is 30.6 Å². The molecule has 162 valence electrons. The molecule has 2 atom stereocenters. The van der Waals surface area contributed by atoms with E-state index in [1.807, 2.05) is 0 Å². The molecule has 11 heteroatoms. The highest BCUT2D eigenvalue weighted by Crippen LogP contribution is 2.28. The van der Waals surface area contributed by atoms with Gasteiger partial charge in [0.1, 0.15) is 5.82 Å². The van der Waals surface area contributed by atoms with Gasteiger partial charge in [0.25, 0.3) is 5.56 Å². The zero-order valence-corrected chi connectivity index (χ0v) is 17.0. The van der Waals surface area contributed by atoms with E-state index in [2.05, 4.69) is 30.3 Å². The lowest BCUT2D eigenvalue weighted by Gasteiger charge is -2.16. The molecule has 0 unspecified atom stereocenters. The van der Waals surface area contributed by atoms with Gasteiger partial charge in [-0.25, -0.2) is 15.0 Å². The number of hydrogen-bond donors (Lipinski definition) is 2. The molecular weight excluding hydrogens is 430 g/mol. The molecule has 1 fully saturated rings. The van der Waals surface area contributed by atoms with Gasteiger partial charge in [-0.1, -0.05) is 17.7 Å². The molecule has 0 saturated heterocycles. The summed E-state index contributed by atoms with van der Waals surface area (Å²) in [4.78, 5) is 24.3. The van der Waals surface area contributed by atoms with Gasteiger partial charge in [0.15, 0.2) is 5.75 Å². The first-order valence-electron chi connectivity index (χ1n) is 9.61. The van der Waals surface area contributed by atoms with Crippen molar-refractivity contribution in [1.82, 2.24) is 19.5 Å². The number of hydrogen-bond acceptors (Lipinski definition) is 7. The van der Waals surface area contributed by atoms with Gasteiger partial charge in [0.2, 0.25) is 5.95 Å². The van der Waals surface area contributed by atoms with Crippen LogP contribution >= 0.6 is 11.6 Å². The average molecular weight is 449 g/mol. The normalized spacial score (nSPS) is 18.2. The summed E-state index contributed by atoms with van der Waals surface area (Å²) in [7, 11) is 0. The third kappa shape index (κ3) is 5.26. The number of nitrogens with one attached hydrogen (secondary N) is 2. The van der Waals surface area contributed by atoms with Crippen LogP contribution < -0.4 is 20.9 Å². The van der Waals surface area contributed by atoms with Crippen LogP contribution in [-0.2, 0) is 0 Å². The summed E-state index contributed by atoms with van der Waals surface area (Å²) in [5.74, 6) is 0.805. The third-order valence-electron chi connectivity index (χ3n) is 4.89. The van der Waals surface area contributed by atoms with Crippen LogP contribution in [0.15, 0.2) is 53.8 Å². The zero-order chi connectivity index (χ0) is 21.8. The van der Waals surface area contributed by atoms with E-state index in [1.165, 1.54) is 23.0 Å². The van der Waals surface area contributed by atoms with Crippen LogP contribution in [0.25, 0.3) is 5.69 Å². The Kier molecular flexibility index (Phi) is 6.26. The molecule has 1 aliphatic carbocycles. The summed E-state index contributed by atoms with van der Waals surface area (Å²) in [5, 5.41) is 6.95. The maximum Gasteiger partial charge on any atom is 0.387 e. The highest BCUT2D eigenvalue weighted by atomic mass is 35.5. The van der Waals surface area contributed by atoms with E-state index >= 15 is 0 Å². The Morgan fingerprint density at radius 1 is 1.10 bits per heavy atom. The first-order chi connectivity index (χ1) is 15.0. The van der Waals surface area contributed by atoms with Crippen LogP contribution in [0.5, 0.6) is 5.75 Å². The summed E-state index contributed by atoms with van der Waals surface area (Å²) >= 11 is 6.39. The highest BCUT2D eigenvalue weighted by molar-refractivity contribution is 6.33. The number of alkyl halides is 2. The lowest BCUT2D eigenvalue weighted by Crippen LogP contribution is -2.22. The summed E-state index contributed by atoms with van der Waals surface area (Å²) in [6.07, 6.45) is 8.18. The molecule has 0 amide bonds. The van der Waals surface area contributed by atoms with Crippen molar-refractivity contribution in [2.24, 2.45) is 0 Å². The molecule has 0 aliphatic heterocycles. The number of pyridine rings is 2. The third-order valence-corrected chi connectivity index (χ3v) is 5.18. The molecule has 8 nitrogen and oxygen atoms in total. The monoisotopic (exact) mass is 448 g/mol. The molecule has 0 aromatic carbocycles. The number of nitrogens with zero attached hydrogens (tertiary/aromatic N) is 4. The van der Waals surface area contributed by atoms with E-state index in [0.717, 1.165) is 19.3 Å². The predicted octanol–water partition coefficient (Wildman–Crippen LogP) is 3.72. The van der Waals surface area contributed by atoms with Crippen LogP contribution in [0.1, 0.15) is 19.3 Å². The second-order valence-corrected chi connectivity index (χ2v) is 7.46. The SMILES string of the molecule is O=c1ccccn1-c1cnc(N[C@H]2CC[C@H](Nc3ncc(OC(F)F)cn3)C2)c(Cl)c1. The molecular formula is C20H19ClF2N6O2. The highest BCUT2D eigenvalue weighted by Gasteiger charge is 2.26. The Morgan fingerprint density at radius 2 is 1.84 bits per heavy atom. The Morgan fingerprint density at radius 3 is 2.52 bits per heavy atom. The number of halogens is 3.